The van der Waals surface area contributed by atoms with Crippen LogP contribution in [0.3, 0.4) is 0 Å². The van der Waals surface area contributed by atoms with Crippen LogP contribution in [0.25, 0.3) is 0 Å². The molecular formula is C16H18F3N5O2. The van der Waals surface area contributed by atoms with E-state index in [1.54, 1.807) is 16.8 Å². The van der Waals surface area contributed by atoms with E-state index in [-0.39, 0.29) is 24.6 Å². The number of fused-ring (bicyclic) bond motifs is 1. The molecule has 3 rings (SSSR count). The Labute approximate surface area is 147 Å². The Balaban J connectivity index is 1.60. The molecule has 140 valence electrons. The molecule has 0 bridgehead atoms. The zero-order valence-corrected chi connectivity index (χ0v) is 13.9. The van der Waals surface area contributed by atoms with Crippen LogP contribution in [-0.2, 0) is 17.8 Å². The maximum atomic E-state index is 12.5. The Morgan fingerprint density at radius 1 is 1.31 bits per heavy atom. The van der Waals surface area contributed by atoms with E-state index in [0.717, 1.165) is 12.8 Å². The largest absolute Gasteiger partial charge is 0.573 e. The van der Waals surface area contributed by atoms with Gasteiger partial charge in [0.1, 0.15) is 5.75 Å². The Morgan fingerprint density at radius 3 is 2.92 bits per heavy atom. The van der Waals surface area contributed by atoms with Crippen molar-refractivity contribution in [3.63, 3.8) is 0 Å². The molecule has 0 spiro atoms. The van der Waals surface area contributed by atoms with Crippen molar-refractivity contribution in [1.82, 2.24) is 25.5 Å². The van der Waals surface area contributed by atoms with Crippen molar-refractivity contribution in [2.24, 2.45) is 0 Å². The van der Waals surface area contributed by atoms with Crippen molar-refractivity contribution in [3.05, 3.63) is 35.7 Å². The number of carbonyl (C=O) groups excluding carboxylic acids is 1. The number of halogens is 3. The highest BCUT2D eigenvalue weighted by atomic mass is 19.4. The second-order valence-corrected chi connectivity index (χ2v) is 6.01. The van der Waals surface area contributed by atoms with Gasteiger partial charge in [0, 0.05) is 13.1 Å². The van der Waals surface area contributed by atoms with Crippen molar-refractivity contribution in [3.8, 4) is 5.75 Å². The highest BCUT2D eigenvalue weighted by molar-refractivity contribution is 5.82. The molecule has 1 N–H and O–H groups in total. The zero-order chi connectivity index (χ0) is 18.6. The quantitative estimate of drug-likeness (QED) is 0.874. The number of tetrazole rings is 1. The van der Waals surface area contributed by atoms with Gasteiger partial charge in [-0.25, -0.2) is 4.68 Å². The van der Waals surface area contributed by atoms with Crippen LogP contribution in [0.4, 0.5) is 13.2 Å². The zero-order valence-electron chi connectivity index (χ0n) is 13.9. The Morgan fingerprint density at radius 2 is 2.12 bits per heavy atom. The number of benzene rings is 1. The molecule has 1 aliphatic heterocycles. The third-order valence-electron chi connectivity index (χ3n) is 4.19. The topological polar surface area (TPSA) is 81.9 Å². The standard InChI is InChI=1S/C16H18F3N5O2/c17-16(18,19)26-13-7-2-1-5-11(13)8-9-20-15(25)12-6-3-4-10-24-14(12)21-22-23-24/h1-2,5,7,12H,3-4,6,8-10H2,(H,20,25)/t12-/m0/s1. The van der Waals surface area contributed by atoms with E-state index < -0.39 is 12.3 Å². The summed E-state index contributed by atoms with van der Waals surface area (Å²) in [6.45, 7) is 0.864. The van der Waals surface area contributed by atoms with Crippen LogP contribution in [-0.4, -0.2) is 39.0 Å². The molecular weight excluding hydrogens is 351 g/mol. The molecule has 1 atom stereocenters. The number of carbonyl (C=O) groups is 1. The average molecular weight is 369 g/mol. The second-order valence-electron chi connectivity index (χ2n) is 6.01. The molecule has 26 heavy (non-hydrogen) atoms. The molecule has 0 saturated heterocycles. The van der Waals surface area contributed by atoms with Gasteiger partial charge in [-0.1, -0.05) is 24.6 Å². The summed E-state index contributed by atoms with van der Waals surface area (Å²) in [5, 5.41) is 14.2. The van der Waals surface area contributed by atoms with Crippen LogP contribution >= 0.6 is 0 Å². The number of para-hydroxylation sites is 1. The van der Waals surface area contributed by atoms with Crippen LogP contribution in [0, 0.1) is 0 Å². The van der Waals surface area contributed by atoms with Crippen LogP contribution in [0.1, 0.15) is 36.6 Å². The van der Waals surface area contributed by atoms with Crippen LogP contribution < -0.4 is 10.1 Å². The summed E-state index contributed by atoms with van der Waals surface area (Å²) in [5.74, 6) is -0.403. The van der Waals surface area contributed by atoms with E-state index in [1.807, 2.05) is 0 Å². The van der Waals surface area contributed by atoms with E-state index in [1.165, 1.54) is 12.1 Å². The predicted octanol–water partition coefficient (Wildman–Crippen LogP) is 2.20. The van der Waals surface area contributed by atoms with E-state index >= 15 is 0 Å². The monoisotopic (exact) mass is 369 g/mol. The first kappa shape index (κ1) is 18.2. The summed E-state index contributed by atoms with van der Waals surface area (Å²) in [6.07, 6.45) is -2.14. The molecule has 1 aromatic carbocycles. The Bertz CT molecular complexity index is 762. The summed E-state index contributed by atoms with van der Waals surface area (Å²) in [4.78, 5) is 12.5. The number of rotatable bonds is 5. The minimum absolute atomic E-state index is 0.190. The number of hydrogen-bond acceptors (Lipinski definition) is 5. The van der Waals surface area contributed by atoms with Crippen molar-refractivity contribution in [1.29, 1.82) is 0 Å². The minimum atomic E-state index is -4.75. The fourth-order valence-corrected chi connectivity index (χ4v) is 2.99. The molecule has 0 fully saturated rings. The molecule has 1 aromatic heterocycles. The molecule has 7 nitrogen and oxygen atoms in total. The number of nitrogens with zero attached hydrogens (tertiary/aromatic N) is 4. The van der Waals surface area contributed by atoms with Gasteiger partial charge in [0.25, 0.3) is 0 Å². The second kappa shape index (κ2) is 7.71. The van der Waals surface area contributed by atoms with Crippen molar-refractivity contribution >= 4 is 5.91 Å². The number of hydrogen-bond donors (Lipinski definition) is 1. The maximum absolute atomic E-state index is 12.5. The summed E-state index contributed by atoms with van der Waals surface area (Å²) in [5.41, 5.74) is 0.371. The third kappa shape index (κ3) is 4.50. The first-order valence-electron chi connectivity index (χ1n) is 8.31. The van der Waals surface area contributed by atoms with Crippen LogP contribution in [0.2, 0.25) is 0 Å². The van der Waals surface area contributed by atoms with Crippen molar-refractivity contribution < 1.29 is 22.7 Å². The van der Waals surface area contributed by atoms with E-state index in [4.69, 9.17) is 0 Å². The summed E-state index contributed by atoms with van der Waals surface area (Å²) in [6, 6.07) is 5.89. The van der Waals surface area contributed by atoms with Gasteiger partial charge in [-0.3, -0.25) is 4.79 Å². The number of aryl methyl sites for hydroxylation is 1. The molecule has 10 heteroatoms. The molecule has 0 aliphatic carbocycles. The van der Waals surface area contributed by atoms with Gasteiger partial charge in [0.15, 0.2) is 5.82 Å². The lowest BCUT2D eigenvalue weighted by atomic mass is 10.0. The molecule has 1 aliphatic rings. The van der Waals surface area contributed by atoms with Crippen molar-refractivity contribution in [2.75, 3.05) is 6.54 Å². The van der Waals surface area contributed by atoms with Gasteiger partial charge >= 0.3 is 6.36 Å². The number of alkyl halides is 3. The molecule has 2 aromatic rings. The van der Waals surface area contributed by atoms with Gasteiger partial charge in [0.05, 0.1) is 5.92 Å². The van der Waals surface area contributed by atoms with Crippen LogP contribution in [0.15, 0.2) is 24.3 Å². The van der Waals surface area contributed by atoms with Gasteiger partial charge in [-0.15, -0.1) is 18.3 Å². The highest BCUT2D eigenvalue weighted by Crippen LogP contribution is 2.27. The lowest BCUT2D eigenvalue weighted by Gasteiger charge is -2.15. The van der Waals surface area contributed by atoms with Gasteiger partial charge in [-0.05, 0) is 41.3 Å². The van der Waals surface area contributed by atoms with E-state index in [0.29, 0.717) is 24.4 Å². The lowest BCUT2D eigenvalue weighted by molar-refractivity contribution is -0.274. The fourth-order valence-electron chi connectivity index (χ4n) is 2.99. The maximum Gasteiger partial charge on any atom is 0.573 e. The van der Waals surface area contributed by atoms with Gasteiger partial charge < -0.3 is 10.1 Å². The molecule has 0 unspecified atom stereocenters. The highest BCUT2D eigenvalue weighted by Gasteiger charge is 2.32. The summed E-state index contributed by atoms with van der Waals surface area (Å²) in [7, 11) is 0. The number of nitrogens with one attached hydrogen (secondary N) is 1. The van der Waals surface area contributed by atoms with Gasteiger partial charge in [0.2, 0.25) is 5.91 Å². The first-order chi connectivity index (χ1) is 12.4. The van der Waals surface area contributed by atoms with Gasteiger partial charge in [-0.2, -0.15) is 0 Å². The lowest BCUT2D eigenvalue weighted by Crippen LogP contribution is -2.32. The SMILES string of the molecule is O=C(NCCc1ccccc1OC(F)(F)F)[C@H]1CCCCn2nnnc21. The Hall–Kier alpha value is -2.65. The normalized spacial score (nSPS) is 17.3. The molecule has 2 heterocycles. The number of ether oxygens (including phenoxy) is 1. The summed E-state index contributed by atoms with van der Waals surface area (Å²) >= 11 is 0. The smallest absolute Gasteiger partial charge is 0.406 e. The van der Waals surface area contributed by atoms with E-state index in [9.17, 15) is 18.0 Å². The summed E-state index contributed by atoms with van der Waals surface area (Å²) < 4.78 is 43.0. The first-order valence-corrected chi connectivity index (χ1v) is 8.31. The fraction of sp³-hybridized carbons (Fsp3) is 0.500. The average Bonchev–Trinajstić information content (AvgIpc) is 2.94. The van der Waals surface area contributed by atoms with Crippen LogP contribution in [0.5, 0.6) is 5.75 Å². The van der Waals surface area contributed by atoms with E-state index in [2.05, 4.69) is 25.6 Å². The van der Waals surface area contributed by atoms with Crippen molar-refractivity contribution in [2.45, 2.75) is 44.5 Å². The molecule has 0 radical (unpaired) electrons. The number of amides is 1. The number of aromatic nitrogens is 4. The molecule has 0 saturated carbocycles. The molecule has 1 amide bonds. The minimum Gasteiger partial charge on any atom is -0.406 e. The third-order valence-corrected chi connectivity index (χ3v) is 4.19. The Kier molecular flexibility index (Phi) is 5.38. The predicted molar refractivity (Wildman–Crippen MR) is 84.2 cm³/mol.